The van der Waals surface area contributed by atoms with E-state index in [0.29, 0.717) is 6.04 Å². The predicted octanol–water partition coefficient (Wildman–Crippen LogP) is 2.54. The summed E-state index contributed by atoms with van der Waals surface area (Å²) in [6.45, 7) is 5.43. The number of hydrogen-bond donors (Lipinski definition) is 1. The summed E-state index contributed by atoms with van der Waals surface area (Å²) in [5.41, 5.74) is 6.30. The minimum atomic E-state index is 0.239. The molecule has 2 N–H and O–H groups in total. The summed E-state index contributed by atoms with van der Waals surface area (Å²) in [4.78, 5) is 2.75. The average Bonchev–Trinajstić information content (AvgIpc) is 2.86. The van der Waals surface area contributed by atoms with Gasteiger partial charge in [0.2, 0.25) is 0 Å². The molecule has 19 heavy (non-hydrogen) atoms. The maximum absolute atomic E-state index is 6.19. The molecule has 0 aromatic heterocycles. The van der Waals surface area contributed by atoms with Gasteiger partial charge in [-0.15, -0.1) is 0 Å². The molecule has 1 spiro atoms. The van der Waals surface area contributed by atoms with Crippen molar-refractivity contribution in [2.24, 2.45) is 11.7 Å². The normalized spacial score (nSPS) is 39.8. The van der Waals surface area contributed by atoms with Gasteiger partial charge in [0, 0.05) is 25.2 Å². The summed E-state index contributed by atoms with van der Waals surface area (Å²) in [6.07, 6.45) is 10.5. The fourth-order valence-electron chi connectivity index (χ4n) is 4.75. The number of ether oxygens (including phenoxy) is 1. The molecule has 3 unspecified atom stereocenters. The zero-order valence-electron chi connectivity index (χ0n) is 12.4. The van der Waals surface area contributed by atoms with E-state index in [-0.39, 0.29) is 5.60 Å². The lowest BCUT2D eigenvalue weighted by molar-refractivity contribution is -0.112. The largest absolute Gasteiger partial charge is 0.375 e. The van der Waals surface area contributed by atoms with Crippen molar-refractivity contribution < 1.29 is 4.74 Å². The lowest BCUT2D eigenvalue weighted by Gasteiger charge is -2.49. The summed E-state index contributed by atoms with van der Waals surface area (Å²) in [6, 6.07) is 1.33. The molecular weight excluding hydrogens is 236 g/mol. The predicted molar refractivity (Wildman–Crippen MR) is 78.1 cm³/mol. The first kappa shape index (κ1) is 13.8. The quantitative estimate of drug-likeness (QED) is 0.835. The fraction of sp³-hybridized carbons (Fsp3) is 1.00. The van der Waals surface area contributed by atoms with Crippen LogP contribution in [0.5, 0.6) is 0 Å². The molecule has 3 nitrogen and oxygen atoms in total. The Morgan fingerprint density at radius 3 is 2.74 bits per heavy atom. The van der Waals surface area contributed by atoms with Crippen molar-refractivity contribution in [2.45, 2.75) is 76.0 Å². The first-order valence-corrected chi connectivity index (χ1v) is 8.34. The standard InChI is InChI=1S/C16H30N2O/c1-13-5-4-9-18(15(13)12-17)14-6-10-19-16(11-14)7-2-3-8-16/h13-15H,2-12,17H2,1H3. The van der Waals surface area contributed by atoms with Crippen LogP contribution >= 0.6 is 0 Å². The van der Waals surface area contributed by atoms with Crippen molar-refractivity contribution in [3.63, 3.8) is 0 Å². The third-order valence-corrected chi connectivity index (χ3v) is 5.85. The minimum Gasteiger partial charge on any atom is -0.375 e. The second-order valence-corrected chi connectivity index (χ2v) is 7.05. The Balaban J connectivity index is 1.69. The highest BCUT2D eigenvalue weighted by Crippen LogP contribution is 2.42. The summed E-state index contributed by atoms with van der Waals surface area (Å²) < 4.78 is 6.19. The minimum absolute atomic E-state index is 0.239. The van der Waals surface area contributed by atoms with Gasteiger partial charge in [0.25, 0.3) is 0 Å². The maximum Gasteiger partial charge on any atom is 0.0697 e. The molecule has 1 aliphatic carbocycles. The number of nitrogens with zero attached hydrogens (tertiary/aromatic N) is 1. The van der Waals surface area contributed by atoms with Crippen molar-refractivity contribution in [3.05, 3.63) is 0 Å². The average molecular weight is 266 g/mol. The van der Waals surface area contributed by atoms with E-state index < -0.39 is 0 Å². The van der Waals surface area contributed by atoms with Gasteiger partial charge >= 0.3 is 0 Å². The number of rotatable bonds is 2. The van der Waals surface area contributed by atoms with Gasteiger partial charge in [-0.3, -0.25) is 4.90 Å². The molecule has 3 aliphatic rings. The summed E-state index contributed by atoms with van der Waals surface area (Å²) in [5.74, 6) is 0.765. The molecule has 1 saturated carbocycles. The van der Waals surface area contributed by atoms with E-state index in [1.54, 1.807) is 0 Å². The first-order valence-electron chi connectivity index (χ1n) is 8.34. The molecule has 3 heteroatoms. The van der Waals surface area contributed by atoms with Crippen molar-refractivity contribution in [2.75, 3.05) is 19.7 Å². The van der Waals surface area contributed by atoms with E-state index in [1.807, 2.05) is 0 Å². The molecule has 3 fully saturated rings. The van der Waals surface area contributed by atoms with Crippen LogP contribution in [-0.4, -0.2) is 42.3 Å². The molecule has 2 heterocycles. The SMILES string of the molecule is CC1CCCN(C2CCOC3(CCCC3)C2)C1CN. The maximum atomic E-state index is 6.19. The van der Waals surface area contributed by atoms with Crippen LogP contribution in [0.4, 0.5) is 0 Å². The van der Waals surface area contributed by atoms with E-state index in [9.17, 15) is 0 Å². The molecule has 0 aromatic rings. The van der Waals surface area contributed by atoms with Crippen LogP contribution in [0, 0.1) is 5.92 Å². The van der Waals surface area contributed by atoms with E-state index >= 15 is 0 Å². The molecule has 3 atom stereocenters. The monoisotopic (exact) mass is 266 g/mol. The highest BCUT2D eigenvalue weighted by Gasteiger charge is 2.43. The Bertz CT molecular complexity index is 301. The molecule has 0 aromatic carbocycles. The van der Waals surface area contributed by atoms with Crippen LogP contribution in [0.2, 0.25) is 0 Å². The molecule has 2 saturated heterocycles. The zero-order valence-corrected chi connectivity index (χ0v) is 12.4. The van der Waals surface area contributed by atoms with Gasteiger partial charge < -0.3 is 10.5 Å². The summed E-state index contributed by atoms with van der Waals surface area (Å²) >= 11 is 0. The lowest BCUT2D eigenvalue weighted by Crippen LogP contribution is -2.56. The van der Waals surface area contributed by atoms with E-state index in [1.165, 1.54) is 57.9 Å². The van der Waals surface area contributed by atoms with Gasteiger partial charge in [0.15, 0.2) is 0 Å². The Kier molecular flexibility index (Phi) is 4.16. The van der Waals surface area contributed by atoms with Gasteiger partial charge in [-0.2, -0.15) is 0 Å². The third kappa shape index (κ3) is 2.70. The van der Waals surface area contributed by atoms with Crippen LogP contribution in [0.15, 0.2) is 0 Å². The Morgan fingerprint density at radius 1 is 1.21 bits per heavy atom. The Labute approximate surface area is 117 Å². The number of hydrogen-bond acceptors (Lipinski definition) is 3. The van der Waals surface area contributed by atoms with Crippen molar-refractivity contribution in [1.29, 1.82) is 0 Å². The van der Waals surface area contributed by atoms with Gasteiger partial charge in [-0.05, 0) is 51.0 Å². The van der Waals surface area contributed by atoms with E-state index in [0.717, 1.165) is 25.1 Å². The molecular formula is C16H30N2O. The highest BCUT2D eigenvalue weighted by atomic mass is 16.5. The van der Waals surface area contributed by atoms with Crippen LogP contribution in [0.25, 0.3) is 0 Å². The number of nitrogens with two attached hydrogens (primary N) is 1. The Hall–Kier alpha value is -0.120. The summed E-state index contributed by atoms with van der Waals surface area (Å²) in [5, 5.41) is 0. The highest BCUT2D eigenvalue weighted by molar-refractivity contribution is 4.97. The topological polar surface area (TPSA) is 38.5 Å². The second-order valence-electron chi connectivity index (χ2n) is 7.05. The van der Waals surface area contributed by atoms with E-state index in [4.69, 9.17) is 10.5 Å². The molecule has 3 rings (SSSR count). The smallest absolute Gasteiger partial charge is 0.0697 e. The molecule has 0 amide bonds. The van der Waals surface area contributed by atoms with E-state index in [2.05, 4.69) is 11.8 Å². The van der Waals surface area contributed by atoms with Crippen LogP contribution < -0.4 is 5.73 Å². The molecule has 2 aliphatic heterocycles. The second kappa shape index (κ2) is 5.71. The van der Waals surface area contributed by atoms with Crippen LogP contribution in [-0.2, 0) is 4.74 Å². The lowest BCUT2D eigenvalue weighted by atomic mass is 9.83. The van der Waals surface area contributed by atoms with Gasteiger partial charge in [0.1, 0.15) is 0 Å². The molecule has 110 valence electrons. The molecule has 0 radical (unpaired) electrons. The van der Waals surface area contributed by atoms with Crippen LogP contribution in [0.1, 0.15) is 58.3 Å². The van der Waals surface area contributed by atoms with Crippen molar-refractivity contribution in [3.8, 4) is 0 Å². The van der Waals surface area contributed by atoms with Crippen molar-refractivity contribution >= 4 is 0 Å². The fourth-order valence-corrected chi connectivity index (χ4v) is 4.75. The van der Waals surface area contributed by atoms with Gasteiger partial charge in [-0.1, -0.05) is 19.8 Å². The van der Waals surface area contributed by atoms with Gasteiger partial charge in [-0.25, -0.2) is 0 Å². The van der Waals surface area contributed by atoms with Crippen molar-refractivity contribution in [1.82, 2.24) is 4.90 Å². The zero-order chi connectivity index (χ0) is 13.3. The van der Waals surface area contributed by atoms with Gasteiger partial charge in [0.05, 0.1) is 5.60 Å². The number of piperidine rings is 1. The summed E-state index contributed by atoms with van der Waals surface area (Å²) in [7, 11) is 0. The molecule has 0 bridgehead atoms. The third-order valence-electron chi connectivity index (χ3n) is 5.85. The first-order chi connectivity index (χ1) is 9.24. The number of likely N-dealkylation sites (tertiary alicyclic amines) is 1. The Morgan fingerprint density at radius 2 is 2.00 bits per heavy atom. The van der Waals surface area contributed by atoms with Crippen LogP contribution in [0.3, 0.4) is 0 Å².